The van der Waals surface area contributed by atoms with Gasteiger partial charge in [-0.2, -0.15) is 0 Å². The maximum absolute atomic E-state index is 3.56. The van der Waals surface area contributed by atoms with E-state index in [0.29, 0.717) is 0 Å². The summed E-state index contributed by atoms with van der Waals surface area (Å²) in [5.74, 6) is 0. The fourth-order valence-electron chi connectivity index (χ4n) is 1.23. The normalized spacial score (nSPS) is 10.9. The van der Waals surface area contributed by atoms with Crippen molar-refractivity contribution in [1.29, 1.82) is 0 Å². The van der Waals surface area contributed by atoms with Crippen molar-refractivity contribution in [2.75, 3.05) is 0 Å². The maximum atomic E-state index is 3.56. The zero-order chi connectivity index (χ0) is 8.72. The molecule has 12 heavy (non-hydrogen) atoms. The molecule has 0 radical (unpaired) electrons. The summed E-state index contributed by atoms with van der Waals surface area (Å²) >= 11 is 7.72. The molecule has 0 unspecified atom stereocenters. The lowest BCUT2D eigenvalue weighted by Gasteiger charge is -1.99. The van der Waals surface area contributed by atoms with Gasteiger partial charge < -0.3 is 0 Å². The Bertz CT molecular complexity index is 433. The molecule has 0 atom stereocenters. The fourth-order valence-corrected chi connectivity index (χ4v) is 3.48. The number of hydrogen-bond donors (Lipinski definition) is 0. The van der Waals surface area contributed by atoms with Crippen molar-refractivity contribution in [3.8, 4) is 0 Å². The molecule has 0 bridgehead atoms. The molecular formula is C9H6BrIS. The van der Waals surface area contributed by atoms with E-state index in [0.717, 1.165) is 0 Å². The molecule has 3 heteroatoms. The summed E-state index contributed by atoms with van der Waals surface area (Å²) in [6.07, 6.45) is 0. The summed E-state index contributed by atoms with van der Waals surface area (Å²) in [5.41, 5.74) is 1.38. The minimum atomic E-state index is 1.22. The minimum absolute atomic E-state index is 1.22. The quantitative estimate of drug-likeness (QED) is 0.609. The van der Waals surface area contributed by atoms with Crippen molar-refractivity contribution < 1.29 is 0 Å². The molecule has 0 aliphatic rings. The van der Waals surface area contributed by atoms with E-state index in [1.807, 2.05) is 0 Å². The van der Waals surface area contributed by atoms with Gasteiger partial charge in [0.25, 0.3) is 0 Å². The molecule has 62 valence electrons. The van der Waals surface area contributed by atoms with Crippen LogP contribution in [0.4, 0.5) is 0 Å². The van der Waals surface area contributed by atoms with Crippen LogP contribution in [0.1, 0.15) is 5.56 Å². The van der Waals surface area contributed by atoms with Crippen molar-refractivity contribution in [2.24, 2.45) is 0 Å². The van der Waals surface area contributed by atoms with Crippen molar-refractivity contribution in [1.82, 2.24) is 0 Å². The Balaban J connectivity index is 2.96. The van der Waals surface area contributed by atoms with Crippen molar-refractivity contribution in [3.63, 3.8) is 0 Å². The van der Waals surface area contributed by atoms with E-state index >= 15 is 0 Å². The van der Waals surface area contributed by atoms with Crippen LogP contribution in [-0.4, -0.2) is 0 Å². The topological polar surface area (TPSA) is 0 Å². The highest BCUT2D eigenvalue weighted by Gasteiger charge is 2.05. The molecule has 2 aromatic rings. The van der Waals surface area contributed by atoms with Gasteiger partial charge in [-0.15, -0.1) is 11.3 Å². The van der Waals surface area contributed by atoms with Gasteiger partial charge in [-0.05, 0) is 63.1 Å². The van der Waals surface area contributed by atoms with Crippen LogP contribution in [0.25, 0.3) is 10.1 Å². The van der Waals surface area contributed by atoms with Crippen LogP contribution in [0.15, 0.2) is 22.0 Å². The van der Waals surface area contributed by atoms with E-state index in [-0.39, 0.29) is 0 Å². The lowest BCUT2D eigenvalue weighted by molar-refractivity contribution is 1.49. The molecule has 0 N–H and O–H groups in total. The average molecular weight is 353 g/mol. The Kier molecular flexibility index (Phi) is 2.44. The van der Waals surface area contributed by atoms with E-state index in [1.165, 1.54) is 23.7 Å². The number of hydrogen-bond acceptors (Lipinski definition) is 1. The van der Waals surface area contributed by atoms with Gasteiger partial charge in [0.15, 0.2) is 0 Å². The highest BCUT2D eigenvalue weighted by atomic mass is 127. The number of rotatable bonds is 0. The smallest absolute Gasteiger partial charge is 0.0364 e. The second-order valence-corrected chi connectivity index (χ2v) is 5.56. The predicted octanol–water partition coefficient (Wildman–Crippen LogP) is 4.58. The minimum Gasteiger partial charge on any atom is -0.143 e. The number of aryl methyl sites for hydroxylation is 1. The van der Waals surface area contributed by atoms with Gasteiger partial charge in [0.05, 0.1) is 0 Å². The first-order valence-electron chi connectivity index (χ1n) is 3.52. The molecule has 2 rings (SSSR count). The molecule has 0 aliphatic heterocycles. The van der Waals surface area contributed by atoms with E-state index in [2.05, 4.69) is 63.0 Å². The molecule has 0 fully saturated rings. The summed E-state index contributed by atoms with van der Waals surface area (Å²) in [6.45, 7) is 2.17. The van der Waals surface area contributed by atoms with Gasteiger partial charge in [-0.1, -0.05) is 0 Å². The first kappa shape index (κ1) is 8.97. The van der Waals surface area contributed by atoms with Gasteiger partial charge in [0, 0.05) is 23.5 Å². The summed E-state index contributed by atoms with van der Waals surface area (Å²) < 4.78 is 3.91. The molecule has 1 heterocycles. The monoisotopic (exact) mass is 352 g/mol. The average Bonchev–Trinajstić information content (AvgIpc) is 2.41. The van der Waals surface area contributed by atoms with Gasteiger partial charge in [-0.25, -0.2) is 0 Å². The summed E-state index contributed by atoms with van der Waals surface area (Å²) in [4.78, 5) is 0. The van der Waals surface area contributed by atoms with E-state index in [4.69, 9.17) is 0 Å². The van der Waals surface area contributed by atoms with Crippen molar-refractivity contribution in [3.05, 3.63) is 31.1 Å². The highest BCUT2D eigenvalue weighted by Crippen LogP contribution is 2.34. The van der Waals surface area contributed by atoms with Crippen molar-refractivity contribution >= 4 is 59.9 Å². The summed E-state index contributed by atoms with van der Waals surface area (Å²) in [7, 11) is 0. The molecule has 0 saturated carbocycles. The van der Waals surface area contributed by atoms with Crippen LogP contribution < -0.4 is 0 Å². The largest absolute Gasteiger partial charge is 0.143 e. The van der Waals surface area contributed by atoms with Gasteiger partial charge in [0.1, 0.15) is 0 Å². The lowest BCUT2D eigenvalue weighted by atomic mass is 10.2. The molecule has 0 aliphatic carbocycles. The number of halogens is 2. The summed E-state index contributed by atoms with van der Waals surface area (Å²) in [5, 5.41) is 3.51. The van der Waals surface area contributed by atoms with Crippen LogP contribution in [-0.2, 0) is 0 Å². The first-order chi connectivity index (χ1) is 5.70. The van der Waals surface area contributed by atoms with Gasteiger partial charge in [0.2, 0.25) is 0 Å². The van der Waals surface area contributed by atoms with Gasteiger partial charge in [-0.3, -0.25) is 0 Å². The standard InChI is InChI=1S/C9H6BrIS/c1-5-7(11)2-3-8-9(5)6(10)4-12-8/h2-4H,1H3. The van der Waals surface area contributed by atoms with E-state index in [9.17, 15) is 0 Å². The molecule has 0 amide bonds. The molecular weight excluding hydrogens is 347 g/mol. The van der Waals surface area contributed by atoms with Crippen LogP contribution in [0, 0.1) is 10.5 Å². The second kappa shape index (κ2) is 3.27. The SMILES string of the molecule is Cc1c(I)ccc2scc(Br)c12. The Morgan fingerprint density at radius 1 is 1.42 bits per heavy atom. The fraction of sp³-hybridized carbons (Fsp3) is 0.111. The first-order valence-corrected chi connectivity index (χ1v) is 6.27. The maximum Gasteiger partial charge on any atom is 0.0364 e. The second-order valence-electron chi connectivity index (χ2n) is 2.63. The zero-order valence-corrected chi connectivity index (χ0v) is 11.0. The van der Waals surface area contributed by atoms with E-state index < -0.39 is 0 Å². The number of thiophene rings is 1. The molecule has 1 aromatic carbocycles. The summed E-state index contributed by atoms with van der Waals surface area (Å²) in [6, 6.07) is 4.35. The molecule has 1 aromatic heterocycles. The third kappa shape index (κ3) is 1.32. The van der Waals surface area contributed by atoms with Crippen LogP contribution in [0.3, 0.4) is 0 Å². The number of benzene rings is 1. The Morgan fingerprint density at radius 2 is 2.17 bits per heavy atom. The van der Waals surface area contributed by atoms with Crippen LogP contribution in [0.2, 0.25) is 0 Å². The molecule has 0 saturated heterocycles. The number of fused-ring (bicyclic) bond motifs is 1. The third-order valence-electron chi connectivity index (χ3n) is 1.89. The zero-order valence-electron chi connectivity index (χ0n) is 6.40. The lowest BCUT2D eigenvalue weighted by Crippen LogP contribution is -1.79. The Labute approximate surface area is 97.2 Å². The van der Waals surface area contributed by atoms with Gasteiger partial charge >= 0.3 is 0 Å². The van der Waals surface area contributed by atoms with E-state index in [1.54, 1.807) is 11.3 Å². The molecule has 0 nitrogen and oxygen atoms in total. The van der Waals surface area contributed by atoms with Crippen LogP contribution in [0.5, 0.6) is 0 Å². The highest BCUT2D eigenvalue weighted by molar-refractivity contribution is 14.1. The predicted molar refractivity (Wildman–Crippen MR) is 67.0 cm³/mol. The Morgan fingerprint density at radius 3 is 2.92 bits per heavy atom. The van der Waals surface area contributed by atoms with Crippen molar-refractivity contribution in [2.45, 2.75) is 6.92 Å². The third-order valence-corrected chi connectivity index (χ3v) is 4.93. The van der Waals surface area contributed by atoms with Crippen LogP contribution >= 0.6 is 49.9 Å². The molecule has 0 spiro atoms. The Hall–Kier alpha value is 0.390.